The number of hydrogen-bond acceptors (Lipinski definition) is 6. The minimum absolute atomic E-state index is 0.169. The quantitative estimate of drug-likeness (QED) is 0.668. The number of methoxy groups -OCH3 is 1. The van der Waals surface area contributed by atoms with Gasteiger partial charge in [-0.2, -0.15) is 0 Å². The Bertz CT molecular complexity index is 1050. The SMILES string of the molecule is COc1ccc(Cl)c2sc(NC(=O)CCS(=O)(=O)c3ccccc3)nc12. The van der Waals surface area contributed by atoms with Crippen LogP contribution in [0.3, 0.4) is 0 Å². The second-order valence-electron chi connectivity index (χ2n) is 5.38. The van der Waals surface area contributed by atoms with Crippen LogP contribution in [0.5, 0.6) is 5.75 Å². The molecule has 0 unspecified atom stereocenters. The number of carbonyl (C=O) groups is 1. The smallest absolute Gasteiger partial charge is 0.227 e. The first-order valence-corrected chi connectivity index (χ1v) is 10.5. The van der Waals surface area contributed by atoms with E-state index in [9.17, 15) is 13.2 Å². The number of thiazole rings is 1. The Morgan fingerprint density at radius 1 is 1.23 bits per heavy atom. The highest BCUT2D eigenvalue weighted by atomic mass is 35.5. The van der Waals surface area contributed by atoms with Crippen LogP contribution in [0.4, 0.5) is 5.13 Å². The lowest BCUT2D eigenvalue weighted by atomic mass is 10.3. The second-order valence-corrected chi connectivity index (χ2v) is 8.89. The summed E-state index contributed by atoms with van der Waals surface area (Å²) >= 11 is 7.35. The van der Waals surface area contributed by atoms with E-state index in [0.717, 1.165) is 0 Å². The van der Waals surface area contributed by atoms with E-state index in [1.165, 1.54) is 30.6 Å². The van der Waals surface area contributed by atoms with Crippen molar-refractivity contribution in [2.75, 3.05) is 18.2 Å². The largest absolute Gasteiger partial charge is 0.494 e. The van der Waals surface area contributed by atoms with Gasteiger partial charge < -0.3 is 10.1 Å². The maximum absolute atomic E-state index is 12.2. The van der Waals surface area contributed by atoms with Crippen LogP contribution < -0.4 is 10.1 Å². The zero-order valence-corrected chi connectivity index (χ0v) is 16.1. The van der Waals surface area contributed by atoms with Crippen LogP contribution in [-0.2, 0) is 14.6 Å². The molecule has 0 saturated heterocycles. The molecule has 0 bridgehead atoms. The number of anilines is 1. The molecule has 2 aromatic carbocycles. The van der Waals surface area contributed by atoms with Crippen LogP contribution >= 0.6 is 22.9 Å². The molecule has 1 amide bonds. The summed E-state index contributed by atoms with van der Waals surface area (Å²) in [6.07, 6.45) is -0.169. The van der Waals surface area contributed by atoms with Crippen molar-refractivity contribution in [1.82, 2.24) is 4.98 Å². The van der Waals surface area contributed by atoms with Gasteiger partial charge in [0.1, 0.15) is 11.3 Å². The van der Waals surface area contributed by atoms with E-state index in [1.807, 2.05) is 0 Å². The molecule has 0 radical (unpaired) electrons. The third kappa shape index (κ3) is 3.98. The number of ether oxygens (including phenoxy) is 1. The molecular formula is C17H15ClN2O4S2. The molecule has 0 spiro atoms. The van der Waals surface area contributed by atoms with Crippen LogP contribution in [0.15, 0.2) is 47.4 Å². The number of nitrogens with zero attached hydrogens (tertiary/aromatic N) is 1. The predicted molar refractivity (Wildman–Crippen MR) is 103 cm³/mol. The molecule has 0 atom stereocenters. The Morgan fingerprint density at radius 3 is 2.65 bits per heavy atom. The van der Waals surface area contributed by atoms with E-state index in [2.05, 4.69) is 10.3 Å². The van der Waals surface area contributed by atoms with Crippen molar-refractivity contribution < 1.29 is 17.9 Å². The van der Waals surface area contributed by atoms with Gasteiger partial charge in [-0.25, -0.2) is 13.4 Å². The van der Waals surface area contributed by atoms with E-state index in [1.54, 1.807) is 30.3 Å². The molecule has 1 aromatic heterocycles. The van der Waals surface area contributed by atoms with Gasteiger partial charge in [-0.15, -0.1) is 0 Å². The minimum Gasteiger partial charge on any atom is -0.494 e. The van der Waals surface area contributed by atoms with Crippen molar-refractivity contribution in [3.8, 4) is 5.75 Å². The molecule has 1 heterocycles. The van der Waals surface area contributed by atoms with Gasteiger partial charge in [-0.05, 0) is 24.3 Å². The molecule has 1 N–H and O–H groups in total. The van der Waals surface area contributed by atoms with Gasteiger partial charge in [0.2, 0.25) is 5.91 Å². The van der Waals surface area contributed by atoms with Gasteiger partial charge in [-0.3, -0.25) is 4.79 Å². The molecule has 0 fully saturated rings. The first-order chi connectivity index (χ1) is 12.4. The van der Waals surface area contributed by atoms with E-state index in [-0.39, 0.29) is 17.1 Å². The Hall–Kier alpha value is -2.16. The zero-order valence-electron chi connectivity index (χ0n) is 13.7. The fourth-order valence-corrected chi connectivity index (χ4v) is 4.76. The Morgan fingerprint density at radius 2 is 1.96 bits per heavy atom. The molecule has 3 aromatic rings. The Balaban J connectivity index is 1.71. The third-order valence-corrected chi connectivity index (χ3v) is 6.79. The maximum Gasteiger partial charge on any atom is 0.227 e. The highest BCUT2D eigenvalue weighted by molar-refractivity contribution is 7.91. The number of benzene rings is 2. The first-order valence-electron chi connectivity index (χ1n) is 7.61. The fraction of sp³-hybridized carbons (Fsp3) is 0.176. The number of amides is 1. The number of halogens is 1. The van der Waals surface area contributed by atoms with Crippen LogP contribution in [0.25, 0.3) is 10.2 Å². The average Bonchev–Trinajstić information content (AvgIpc) is 3.06. The van der Waals surface area contributed by atoms with Crippen molar-refractivity contribution in [1.29, 1.82) is 0 Å². The normalized spacial score (nSPS) is 11.5. The van der Waals surface area contributed by atoms with Crippen LogP contribution in [-0.4, -0.2) is 32.2 Å². The molecule has 0 aliphatic rings. The lowest BCUT2D eigenvalue weighted by Crippen LogP contribution is -2.17. The van der Waals surface area contributed by atoms with Crippen molar-refractivity contribution >= 4 is 54.0 Å². The van der Waals surface area contributed by atoms with E-state index < -0.39 is 15.7 Å². The third-order valence-electron chi connectivity index (χ3n) is 3.62. The average molecular weight is 411 g/mol. The standard InChI is InChI=1S/C17H15ClN2O4S2/c1-24-13-8-7-12(18)16-15(13)20-17(25-16)19-14(21)9-10-26(22,23)11-5-3-2-4-6-11/h2-8H,9-10H2,1H3,(H,19,20,21). The first kappa shape index (κ1) is 18.6. The number of nitrogens with one attached hydrogen (secondary N) is 1. The van der Waals surface area contributed by atoms with E-state index >= 15 is 0 Å². The summed E-state index contributed by atoms with van der Waals surface area (Å²) in [5, 5.41) is 3.47. The van der Waals surface area contributed by atoms with Crippen LogP contribution in [0, 0.1) is 0 Å². The van der Waals surface area contributed by atoms with Crippen molar-refractivity contribution in [2.45, 2.75) is 11.3 Å². The highest BCUT2D eigenvalue weighted by Gasteiger charge is 2.18. The second kappa shape index (κ2) is 7.61. The molecule has 0 aliphatic heterocycles. The van der Waals surface area contributed by atoms with Gasteiger partial charge in [0.05, 0.1) is 27.5 Å². The van der Waals surface area contributed by atoms with E-state index in [4.69, 9.17) is 16.3 Å². The van der Waals surface area contributed by atoms with Gasteiger partial charge in [-0.1, -0.05) is 41.1 Å². The van der Waals surface area contributed by atoms with Gasteiger partial charge >= 0.3 is 0 Å². The summed E-state index contributed by atoms with van der Waals surface area (Å²) in [4.78, 5) is 16.6. The molecule has 3 rings (SSSR count). The van der Waals surface area contributed by atoms with Crippen LogP contribution in [0.2, 0.25) is 5.02 Å². The predicted octanol–water partition coefficient (Wildman–Crippen LogP) is 3.76. The van der Waals surface area contributed by atoms with E-state index in [0.29, 0.717) is 26.1 Å². The Kier molecular flexibility index (Phi) is 5.45. The fourth-order valence-electron chi connectivity index (χ4n) is 2.33. The van der Waals surface area contributed by atoms with Crippen molar-refractivity contribution in [3.63, 3.8) is 0 Å². The number of rotatable bonds is 6. The van der Waals surface area contributed by atoms with Crippen molar-refractivity contribution in [2.24, 2.45) is 0 Å². The van der Waals surface area contributed by atoms with Gasteiger partial charge in [0.15, 0.2) is 15.0 Å². The Labute approximate surface area is 159 Å². The molecule has 9 heteroatoms. The highest BCUT2D eigenvalue weighted by Crippen LogP contribution is 2.37. The number of aromatic nitrogens is 1. The molecule has 136 valence electrons. The van der Waals surface area contributed by atoms with Crippen LogP contribution in [0.1, 0.15) is 6.42 Å². The lowest BCUT2D eigenvalue weighted by Gasteiger charge is -2.04. The number of carbonyl (C=O) groups excluding carboxylic acids is 1. The van der Waals surface area contributed by atoms with Gasteiger partial charge in [0.25, 0.3) is 0 Å². The summed E-state index contributed by atoms with van der Waals surface area (Å²) in [5.41, 5.74) is 0.553. The monoisotopic (exact) mass is 410 g/mol. The number of sulfone groups is 1. The minimum atomic E-state index is -3.51. The number of fused-ring (bicyclic) bond motifs is 1. The molecule has 6 nitrogen and oxygen atoms in total. The molecule has 0 aliphatic carbocycles. The molecule has 26 heavy (non-hydrogen) atoms. The molecular weight excluding hydrogens is 396 g/mol. The summed E-state index contributed by atoms with van der Waals surface area (Å²) in [6.45, 7) is 0. The summed E-state index contributed by atoms with van der Waals surface area (Å²) in [6, 6.07) is 11.4. The summed E-state index contributed by atoms with van der Waals surface area (Å²) in [5.74, 6) is -0.163. The lowest BCUT2D eigenvalue weighted by molar-refractivity contribution is -0.115. The van der Waals surface area contributed by atoms with Gasteiger partial charge in [0, 0.05) is 6.42 Å². The summed E-state index contributed by atoms with van der Waals surface area (Å²) < 4.78 is 30.4. The summed E-state index contributed by atoms with van der Waals surface area (Å²) in [7, 11) is -1.99. The molecule has 0 saturated carbocycles. The topological polar surface area (TPSA) is 85.4 Å². The maximum atomic E-state index is 12.2. The van der Waals surface area contributed by atoms with Crippen molar-refractivity contribution in [3.05, 3.63) is 47.5 Å². The number of hydrogen-bond donors (Lipinski definition) is 1. The zero-order chi connectivity index (χ0) is 18.7.